The van der Waals surface area contributed by atoms with Gasteiger partial charge in [0.1, 0.15) is 0 Å². The molecule has 0 heterocycles. The molecule has 0 spiro atoms. The Labute approximate surface area is 123 Å². The Morgan fingerprint density at radius 1 is 0.950 bits per heavy atom. The first kappa shape index (κ1) is 19.3. The van der Waals surface area contributed by atoms with Crippen molar-refractivity contribution in [2.45, 2.75) is 26.2 Å². The van der Waals surface area contributed by atoms with Gasteiger partial charge in [-0.05, 0) is 13.5 Å². The molecule has 0 amide bonds. The fraction of sp³-hybridized carbons (Fsp3) is 0.929. The molecule has 0 aromatic rings. The van der Waals surface area contributed by atoms with Crippen LogP contribution in [-0.2, 0) is 14.2 Å². The molecule has 0 fully saturated rings. The van der Waals surface area contributed by atoms with E-state index in [1.165, 1.54) is 0 Å². The molecule has 20 heavy (non-hydrogen) atoms. The van der Waals surface area contributed by atoms with Gasteiger partial charge in [0.15, 0.2) is 0 Å². The summed E-state index contributed by atoms with van der Waals surface area (Å²) in [5, 5.41) is 7.14. The fourth-order valence-electron chi connectivity index (χ4n) is 1.43. The van der Waals surface area contributed by atoms with Gasteiger partial charge in [0.05, 0.1) is 38.9 Å². The molecule has 6 heteroatoms. The molecule has 0 aliphatic heterocycles. The van der Waals surface area contributed by atoms with Crippen LogP contribution >= 0.6 is 0 Å². The van der Waals surface area contributed by atoms with Crippen LogP contribution in [0.1, 0.15) is 26.2 Å². The van der Waals surface area contributed by atoms with Crippen LogP contribution in [0, 0.1) is 5.41 Å². The summed E-state index contributed by atoms with van der Waals surface area (Å²) in [6.45, 7) is 7.78. The van der Waals surface area contributed by atoms with Gasteiger partial charge >= 0.3 is 0 Å². The summed E-state index contributed by atoms with van der Waals surface area (Å²) in [7, 11) is 2.00. The van der Waals surface area contributed by atoms with Crippen molar-refractivity contribution in [3.8, 4) is 0 Å². The molecular weight excluding hydrogens is 258 g/mol. The molecule has 0 saturated heterocycles. The first-order valence-corrected chi connectivity index (χ1v) is 7.41. The van der Waals surface area contributed by atoms with Gasteiger partial charge in [-0.3, -0.25) is 5.41 Å². The maximum Gasteiger partial charge on any atom is 0.0918 e. The van der Waals surface area contributed by atoms with Gasteiger partial charge < -0.3 is 24.8 Å². The van der Waals surface area contributed by atoms with Crippen molar-refractivity contribution in [1.29, 1.82) is 5.41 Å². The van der Waals surface area contributed by atoms with Gasteiger partial charge in [0.2, 0.25) is 0 Å². The van der Waals surface area contributed by atoms with Crippen LogP contribution in [0.3, 0.4) is 0 Å². The first-order valence-electron chi connectivity index (χ1n) is 7.41. The number of nitrogens with one attached hydrogen (secondary N) is 1. The van der Waals surface area contributed by atoms with Crippen molar-refractivity contribution in [2.24, 2.45) is 5.73 Å². The molecule has 0 rings (SSSR count). The average Bonchev–Trinajstić information content (AvgIpc) is 2.42. The molecule has 6 nitrogen and oxygen atoms in total. The SMILES string of the molecule is CCCCOCCOCCOCCN(C)CCC(=N)N. The minimum absolute atomic E-state index is 0.229. The second-order valence-electron chi connectivity index (χ2n) is 4.77. The van der Waals surface area contributed by atoms with Gasteiger partial charge in [0.25, 0.3) is 0 Å². The zero-order chi connectivity index (χ0) is 15.1. The van der Waals surface area contributed by atoms with Gasteiger partial charge in [-0.2, -0.15) is 0 Å². The van der Waals surface area contributed by atoms with Crippen LogP contribution in [0.25, 0.3) is 0 Å². The molecule has 0 aromatic carbocycles. The zero-order valence-electron chi connectivity index (χ0n) is 13.0. The van der Waals surface area contributed by atoms with Crippen molar-refractivity contribution in [3.63, 3.8) is 0 Å². The highest BCUT2D eigenvalue weighted by atomic mass is 16.5. The Bertz CT molecular complexity index is 228. The molecule has 0 aromatic heterocycles. The number of unbranched alkanes of at least 4 members (excludes halogenated alkanes) is 1. The number of hydrogen-bond acceptors (Lipinski definition) is 5. The van der Waals surface area contributed by atoms with E-state index in [-0.39, 0.29) is 5.84 Å². The number of nitrogens with two attached hydrogens (primary N) is 1. The molecular formula is C14H31N3O3. The van der Waals surface area contributed by atoms with Crippen LogP contribution in [0.5, 0.6) is 0 Å². The maximum absolute atomic E-state index is 7.14. The number of likely N-dealkylation sites (N-methyl/N-ethyl adjacent to an activating group) is 1. The first-order chi connectivity index (χ1) is 9.66. The lowest BCUT2D eigenvalue weighted by atomic mass is 10.4. The summed E-state index contributed by atoms with van der Waals surface area (Å²) in [4.78, 5) is 2.10. The fourth-order valence-corrected chi connectivity index (χ4v) is 1.43. The van der Waals surface area contributed by atoms with Crippen molar-refractivity contribution in [2.75, 3.05) is 59.8 Å². The number of ether oxygens (including phenoxy) is 3. The van der Waals surface area contributed by atoms with E-state index in [4.69, 9.17) is 25.4 Å². The highest BCUT2D eigenvalue weighted by molar-refractivity contribution is 5.76. The summed E-state index contributed by atoms with van der Waals surface area (Å²) in [5.41, 5.74) is 5.30. The van der Waals surface area contributed by atoms with Crippen LogP contribution < -0.4 is 5.73 Å². The van der Waals surface area contributed by atoms with Crippen molar-refractivity contribution >= 4 is 5.84 Å². The molecule has 0 aliphatic rings. The van der Waals surface area contributed by atoms with Gasteiger partial charge in [-0.25, -0.2) is 0 Å². The Morgan fingerprint density at radius 3 is 2.05 bits per heavy atom. The minimum Gasteiger partial charge on any atom is -0.388 e. The lowest BCUT2D eigenvalue weighted by molar-refractivity contribution is 0.0112. The lowest BCUT2D eigenvalue weighted by Gasteiger charge is -2.15. The molecule has 0 atom stereocenters. The largest absolute Gasteiger partial charge is 0.388 e. The quantitative estimate of drug-likeness (QED) is 0.268. The van der Waals surface area contributed by atoms with E-state index in [1.807, 2.05) is 7.05 Å². The normalized spacial score (nSPS) is 11.2. The zero-order valence-corrected chi connectivity index (χ0v) is 13.0. The smallest absolute Gasteiger partial charge is 0.0918 e. The maximum atomic E-state index is 7.14. The summed E-state index contributed by atoms with van der Waals surface area (Å²) in [6.07, 6.45) is 2.88. The van der Waals surface area contributed by atoms with Crippen molar-refractivity contribution in [1.82, 2.24) is 4.90 Å². The summed E-state index contributed by atoms with van der Waals surface area (Å²) >= 11 is 0. The molecule has 0 saturated carbocycles. The third kappa shape index (κ3) is 15.4. The highest BCUT2D eigenvalue weighted by Crippen LogP contribution is 1.89. The number of hydrogen-bond donors (Lipinski definition) is 2. The van der Waals surface area contributed by atoms with E-state index in [0.29, 0.717) is 39.5 Å². The third-order valence-corrected chi connectivity index (χ3v) is 2.77. The second kappa shape index (κ2) is 14.7. The Balaban J connectivity index is 3.10. The third-order valence-electron chi connectivity index (χ3n) is 2.77. The standard InChI is InChI=1S/C14H31N3O3/c1-3-4-8-18-10-12-20-13-11-19-9-7-17(2)6-5-14(15)16/h3-13H2,1-2H3,(H3,15,16). The van der Waals surface area contributed by atoms with E-state index in [0.717, 1.165) is 32.5 Å². The van der Waals surface area contributed by atoms with E-state index in [2.05, 4.69) is 11.8 Å². The van der Waals surface area contributed by atoms with Gasteiger partial charge in [0, 0.05) is 26.1 Å². The van der Waals surface area contributed by atoms with Gasteiger partial charge in [-0.1, -0.05) is 13.3 Å². The minimum atomic E-state index is 0.229. The average molecular weight is 289 g/mol. The molecule has 3 N–H and O–H groups in total. The predicted octanol–water partition coefficient (Wildman–Crippen LogP) is 1.09. The van der Waals surface area contributed by atoms with E-state index in [9.17, 15) is 0 Å². The summed E-state index contributed by atoms with van der Waals surface area (Å²) < 4.78 is 16.2. The van der Waals surface area contributed by atoms with Crippen LogP contribution in [0.2, 0.25) is 0 Å². The van der Waals surface area contributed by atoms with E-state index in [1.54, 1.807) is 0 Å². The van der Waals surface area contributed by atoms with Gasteiger partial charge in [-0.15, -0.1) is 0 Å². The summed E-state index contributed by atoms with van der Waals surface area (Å²) in [6, 6.07) is 0. The topological polar surface area (TPSA) is 80.8 Å². The predicted molar refractivity (Wildman–Crippen MR) is 81.4 cm³/mol. The molecule has 120 valence electrons. The number of amidine groups is 1. The van der Waals surface area contributed by atoms with E-state index >= 15 is 0 Å². The van der Waals surface area contributed by atoms with Crippen LogP contribution in [0.4, 0.5) is 0 Å². The summed E-state index contributed by atoms with van der Waals surface area (Å²) in [5.74, 6) is 0.229. The number of nitrogens with zero attached hydrogens (tertiary/aromatic N) is 1. The molecule has 0 bridgehead atoms. The Morgan fingerprint density at radius 2 is 1.50 bits per heavy atom. The highest BCUT2D eigenvalue weighted by Gasteiger charge is 1.99. The molecule has 0 radical (unpaired) electrons. The van der Waals surface area contributed by atoms with Crippen molar-refractivity contribution < 1.29 is 14.2 Å². The van der Waals surface area contributed by atoms with Crippen molar-refractivity contribution in [3.05, 3.63) is 0 Å². The monoisotopic (exact) mass is 289 g/mol. The Kier molecular flexibility index (Phi) is 14.2. The van der Waals surface area contributed by atoms with E-state index < -0.39 is 0 Å². The number of rotatable bonds is 15. The lowest BCUT2D eigenvalue weighted by Crippen LogP contribution is -2.27. The second-order valence-corrected chi connectivity index (χ2v) is 4.77. The molecule has 0 unspecified atom stereocenters. The van der Waals surface area contributed by atoms with Crippen LogP contribution in [-0.4, -0.2) is 70.5 Å². The molecule has 0 aliphatic carbocycles. The van der Waals surface area contributed by atoms with Crippen LogP contribution in [0.15, 0.2) is 0 Å². The Hall–Kier alpha value is -0.690.